The van der Waals surface area contributed by atoms with Crippen molar-refractivity contribution in [1.29, 1.82) is 0 Å². The normalized spacial score (nSPS) is 28.1. The molecule has 4 nitrogen and oxygen atoms in total. The fourth-order valence-corrected chi connectivity index (χ4v) is 2.30. The molecule has 0 spiro atoms. The first-order chi connectivity index (χ1) is 6.33. The molecule has 2 saturated heterocycles. The summed E-state index contributed by atoms with van der Waals surface area (Å²) >= 11 is 0. The van der Waals surface area contributed by atoms with Gasteiger partial charge >= 0.3 is 6.03 Å². The Hall–Kier alpha value is -0.770. The number of piperidine rings is 1. The van der Waals surface area contributed by atoms with Crippen LogP contribution in [-0.2, 0) is 0 Å². The fraction of sp³-hybridized carbons (Fsp3) is 0.889. The van der Waals surface area contributed by atoms with Crippen LogP contribution in [0.5, 0.6) is 0 Å². The van der Waals surface area contributed by atoms with Gasteiger partial charge in [-0.2, -0.15) is 0 Å². The molecule has 2 heterocycles. The van der Waals surface area contributed by atoms with Crippen LogP contribution >= 0.6 is 0 Å². The van der Waals surface area contributed by atoms with Crippen LogP contribution in [0.3, 0.4) is 0 Å². The number of carbonyl (C=O) groups excluding carboxylic acids is 1. The maximum Gasteiger partial charge on any atom is 0.320 e. The van der Waals surface area contributed by atoms with E-state index in [1.54, 1.807) is 0 Å². The minimum atomic E-state index is 0.204. The lowest BCUT2D eigenvalue weighted by Gasteiger charge is -2.27. The van der Waals surface area contributed by atoms with Gasteiger partial charge in [0, 0.05) is 26.2 Å². The molecule has 0 aromatic carbocycles. The number of fused-ring (bicyclic) bond motifs is 1. The predicted molar refractivity (Wildman–Crippen MR) is 50.4 cm³/mol. The lowest BCUT2D eigenvalue weighted by Crippen LogP contribution is -2.39. The Morgan fingerprint density at radius 1 is 1.46 bits per heavy atom. The van der Waals surface area contributed by atoms with Crippen molar-refractivity contribution < 1.29 is 4.79 Å². The number of hydrogen-bond donors (Lipinski definition) is 1. The second-order valence-electron chi connectivity index (χ2n) is 3.86. The summed E-state index contributed by atoms with van der Waals surface area (Å²) < 4.78 is 0. The van der Waals surface area contributed by atoms with Crippen molar-refractivity contribution in [2.45, 2.75) is 25.3 Å². The molecule has 0 radical (unpaired) electrons. The Morgan fingerprint density at radius 3 is 3.00 bits per heavy atom. The summed E-state index contributed by atoms with van der Waals surface area (Å²) in [5, 5.41) is 0. The molecule has 0 bridgehead atoms. The lowest BCUT2D eigenvalue weighted by atomic mass is 10.0. The molecule has 1 atom stereocenters. The number of nitrogens with zero attached hydrogens (tertiary/aromatic N) is 2. The molecule has 2 fully saturated rings. The van der Waals surface area contributed by atoms with Crippen molar-refractivity contribution in [3.05, 3.63) is 0 Å². The molecule has 2 amide bonds. The van der Waals surface area contributed by atoms with Crippen molar-refractivity contribution in [2.24, 2.45) is 5.73 Å². The van der Waals surface area contributed by atoms with E-state index < -0.39 is 0 Å². The van der Waals surface area contributed by atoms with E-state index in [0.717, 1.165) is 13.1 Å². The second-order valence-corrected chi connectivity index (χ2v) is 3.86. The molecule has 2 aliphatic rings. The molecular formula is C9H17N3O. The summed E-state index contributed by atoms with van der Waals surface area (Å²) in [4.78, 5) is 15.6. The Bertz CT molecular complexity index is 207. The van der Waals surface area contributed by atoms with Crippen LogP contribution in [0.1, 0.15) is 19.3 Å². The van der Waals surface area contributed by atoms with E-state index in [1.807, 2.05) is 9.80 Å². The van der Waals surface area contributed by atoms with Crippen LogP contribution in [0.25, 0.3) is 0 Å². The molecule has 2 N–H and O–H groups in total. The highest BCUT2D eigenvalue weighted by Gasteiger charge is 2.37. The SMILES string of the molecule is NCCN1C[C@H]2CCCCN2C1=O. The summed E-state index contributed by atoms with van der Waals surface area (Å²) in [5.41, 5.74) is 5.45. The third kappa shape index (κ3) is 1.50. The maximum atomic E-state index is 11.7. The maximum absolute atomic E-state index is 11.7. The van der Waals surface area contributed by atoms with Gasteiger partial charge in [-0.25, -0.2) is 4.79 Å². The zero-order chi connectivity index (χ0) is 9.26. The molecule has 0 unspecified atom stereocenters. The fourth-order valence-electron chi connectivity index (χ4n) is 2.30. The molecule has 4 heteroatoms. The summed E-state index contributed by atoms with van der Waals surface area (Å²) in [7, 11) is 0. The first-order valence-corrected chi connectivity index (χ1v) is 5.08. The van der Waals surface area contributed by atoms with E-state index in [-0.39, 0.29) is 6.03 Å². The standard InChI is InChI=1S/C9H17N3O/c10-4-6-11-7-8-3-1-2-5-12(8)9(11)13/h8H,1-7,10H2/t8-/m1/s1. The van der Waals surface area contributed by atoms with Crippen molar-refractivity contribution in [2.75, 3.05) is 26.2 Å². The van der Waals surface area contributed by atoms with Gasteiger partial charge in [0.1, 0.15) is 0 Å². The number of rotatable bonds is 2. The second kappa shape index (κ2) is 3.54. The zero-order valence-electron chi connectivity index (χ0n) is 7.91. The van der Waals surface area contributed by atoms with Gasteiger partial charge in [0.25, 0.3) is 0 Å². The highest BCUT2D eigenvalue weighted by Crippen LogP contribution is 2.24. The van der Waals surface area contributed by atoms with Crippen molar-refractivity contribution in [3.63, 3.8) is 0 Å². The van der Waals surface area contributed by atoms with Crippen LogP contribution in [-0.4, -0.2) is 48.1 Å². The Kier molecular flexibility index (Phi) is 2.40. The minimum absolute atomic E-state index is 0.204. The van der Waals surface area contributed by atoms with E-state index in [2.05, 4.69) is 0 Å². The molecular weight excluding hydrogens is 166 g/mol. The van der Waals surface area contributed by atoms with Crippen LogP contribution < -0.4 is 5.73 Å². The van der Waals surface area contributed by atoms with Gasteiger partial charge in [-0.15, -0.1) is 0 Å². The molecule has 13 heavy (non-hydrogen) atoms. The minimum Gasteiger partial charge on any atom is -0.329 e. The average Bonchev–Trinajstić information content (AvgIpc) is 2.46. The van der Waals surface area contributed by atoms with Crippen LogP contribution in [0, 0.1) is 0 Å². The van der Waals surface area contributed by atoms with Gasteiger partial charge in [0.05, 0.1) is 6.04 Å². The summed E-state index contributed by atoms with van der Waals surface area (Å²) in [6, 6.07) is 0.683. The molecule has 0 aromatic rings. The molecule has 0 saturated carbocycles. The van der Waals surface area contributed by atoms with Gasteiger partial charge in [-0.1, -0.05) is 0 Å². The molecule has 0 aliphatic carbocycles. The van der Waals surface area contributed by atoms with E-state index in [0.29, 0.717) is 19.1 Å². The van der Waals surface area contributed by atoms with Crippen molar-refractivity contribution >= 4 is 6.03 Å². The number of carbonyl (C=O) groups is 1. The number of hydrogen-bond acceptors (Lipinski definition) is 2. The van der Waals surface area contributed by atoms with Crippen LogP contribution in [0.4, 0.5) is 4.79 Å². The molecule has 0 aromatic heterocycles. The number of urea groups is 1. The van der Waals surface area contributed by atoms with E-state index in [1.165, 1.54) is 19.3 Å². The third-order valence-corrected chi connectivity index (χ3v) is 2.97. The highest BCUT2D eigenvalue weighted by atomic mass is 16.2. The summed E-state index contributed by atoms with van der Waals surface area (Å²) in [6.07, 6.45) is 3.61. The molecule has 74 valence electrons. The van der Waals surface area contributed by atoms with Crippen molar-refractivity contribution in [1.82, 2.24) is 9.80 Å². The first-order valence-electron chi connectivity index (χ1n) is 5.08. The van der Waals surface area contributed by atoms with Crippen LogP contribution in [0.15, 0.2) is 0 Å². The molecule has 2 aliphatic heterocycles. The largest absolute Gasteiger partial charge is 0.329 e. The number of nitrogens with two attached hydrogens (primary N) is 1. The predicted octanol–water partition coefficient (Wildman–Crippen LogP) is 0.235. The Balaban J connectivity index is 2.01. The first kappa shape index (κ1) is 8.81. The van der Waals surface area contributed by atoms with E-state index in [4.69, 9.17) is 5.73 Å². The van der Waals surface area contributed by atoms with Crippen molar-refractivity contribution in [3.8, 4) is 0 Å². The Labute approximate surface area is 78.7 Å². The zero-order valence-corrected chi connectivity index (χ0v) is 7.91. The van der Waals surface area contributed by atoms with Crippen LogP contribution in [0.2, 0.25) is 0 Å². The smallest absolute Gasteiger partial charge is 0.320 e. The molecule has 2 rings (SSSR count). The van der Waals surface area contributed by atoms with Gasteiger partial charge in [0.15, 0.2) is 0 Å². The van der Waals surface area contributed by atoms with Gasteiger partial charge in [-0.05, 0) is 19.3 Å². The van der Waals surface area contributed by atoms with Gasteiger partial charge in [0.2, 0.25) is 0 Å². The quantitative estimate of drug-likeness (QED) is 0.666. The lowest BCUT2D eigenvalue weighted by molar-refractivity contribution is 0.176. The monoisotopic (exact) mass is 183 g/mol. The number of amides is 2. The van der Waals surface area contributed by atoms with E-state index in [9.17, 15) is 4.79 Å². The average molecular weight is 183 g/mol. The summed E-state index contributed by atoms with van der Waals surface area (Å²) in [5.74, 6) is 0. The third-order valence-electron chi connectivity index (χ3n) is 2.97. The van der Waals surface area contributed by atoms with E-state index >= 15 is 0 Å². The van der Waals surface area contributed by atoms with Gasteiger partial charge in [-0.3, -0.25) is 0 Å². The Morgan fingerprint density at radius 2 is 2.31 bits per heavy atom. The topological polar surface area (TPSA) is 49.6 Å². The van der Waals surface area contributed by atoms with Gasteiger partial charge < -0.3 is 15.5 Å². The summed E-state index contributed by atoms with van der Waals surface area (Å²) in [6.45, 7) is 3.14. The highest BCUT2D eigenvalue weighted by molar-refractivity contribution is 5.77.